The quantitative estimate of drug-likeness (QED) is 0.750. The van der Waals surface area contributed by atoms with E-state index in [2.05, 4.69) is 49.0 Å². The number of carbonyl (C=O) groups is 2. The molecule has 3 fully saturated rings. The van der Waals surface area contributed by atoms with Crippen molar-refractivity contribution in [1.29, 1.82) is 0 Å². The Morgan fingerprint density at radius 2 is 1.94 bits per heavy atom. The summed E-state index contributed by atoms with van der Waals surface area (Å²) in [6.07, 6.45) is 2.75. The first-order valence-corrected chi connectivity index (χ1v) is 12.2. The van der Waals surface area contributed by atoms with E-state index in [1.807, 2.05) is 23.1 Å². The monoisotopic (exact) mass is 460 g/mol. The molecule has 1 spiro atoms. The van der Waals surface area contributed by atoms with Gasteiger partial charge in [0.1, 0.15) is 6.04 Å². The van der Waals surface area contributed by atoms with Crippen LogP contribution in [0.1, 0.15) is 52.0 Å². The van der Waals surface area contributed by atoms with E-state index in [0.29, 0.717) is 13.0 Å². The molecular weight excluding hydrogens is 424 g/mol. The van der Waals surface area contributed by atoms with Gasteiger partial charge in [0, 0.05) is 43.8 Å². The zero-order valence-electron chi connectivity index (χ0n) is 19.9. The van der Waals surface area contributed by atoms with Crippen LogP contribution in [0, 0.1) is 5.41 Å². The van der Waals surface area contributed by atoms with Gasteiger partial charge in [-0.2, -0.15) is 0 Å². The number of likely N-dealkylation sites (tertiary alicyclic amines) is 1. The van der Waals surface area contributed by atoms with E-state index in [9.17, 15) is 9.59 Å². The van der Waals surface area contributed by atoms with Crippen LogP contribution in [0.3, 0.4) is 0 Å². The van der Waals surface area contributed by atoms with E-state index in [4.69, 9.17) is 11.6 Å². The van der Waals surface area contributed by atoms with Crippen molar-refractivity contribution in [3.05, 3.63) is 34.9 Å². The van der Waals surface area contributed by atoms with Crippen molar-refractivity contribution in [3.8, 4) is 0 Å². The van der Waals surface area contributed by atoms with Gasteiger partial charge >= 0.3 is 0 Å². The normalized spacial score (nSPS) is 26.4. The second-order valence-electron chi connectivity index (χ2n) is 11.3. The Balaban J connectivity index is 1.37. The van der Waals surface area contributed by atoms with E-state index in [-0.39, 0.29) is 29.3 Å². The number of nitrogens with one attached hydrogen (secondary N) is 1. The number of halogens is 1. The fourth-order valence-electron chi connectivity index (χ4n) is 5.65. The van der Waals surface area contributed by atoms with E-state index < -0.39 is 5.54 Å². The predicted octanol–water partition coefficient (Wildman–Crippen LogP) is 3.14. The van der Waals surface area contributed by atoms with Crippen molar-refractivity contribution >= 4 is 23.4 Å². The zero-order valence-corrected chi connectivity index (χ0v) is 20.6. The highest BCUT2D eigenvalue weighted by Crippen LogP contribution is 2.34. The number of hydrogen-bond donors (Lipinski definition) is 1. The van der Waals surface area contributed by atoms with Crippen molar-refractivity contribution in [2.45, 2.75) is 70.6 Å². The summed E-state index contributed by atoms with van der Waals surface area (Å²) < 4.78 is 0. The molecule has 0 radical (unpaired) electrons. The van der Waals surface area contributed by atoms with Crippen LogP contribution in [0.4, 0.5) is 0 Å². The molecule has 176 valence electrons. The highest BCUT2D eigenvalue weighted by atomic mass is 35.5. The van der Waals surface area contributed by atoms with Crippen molar-refractivity contribution in [3.63, 3.8) is 0 Å². The number of likely N-dealkylation sites (N-methyl/N-ethyl adjacent to an activating group) is 1. The van der Waals surface area contributed by atoms with Crippen LogP contribution in [0.15, 0.2) is 24.3 Å². The lowest BCUT2D eigenvalue weighted by molar-refractivity contribution is -0.135. The topological polar surface area (TPSA) is 55.9 Å². The van der Waals surface area contributed by atoms with Gasteiger partial charge < -0.3 is 15.1 Å². The average molecular weight is 461 g/mol. The maximum absolute atomic E-state index is 13.3. The Labute approximate surface area is 197 Å². The lowest BCUT2D eigenvalue weighted by atomic mass is 9.84. The maximum Gasteiger partial charge on any atom is 0.243 e. The van der Waals surface area contributed by atoms with Crippen LogP contribution >= 0.6 is 11.6 Å². The van der Waals surface area contributed by atoms with Crippen molar-refractivity contribution in [2.75, 3.05) is 33.2 Å². The molecule has 0 bridgehead atoms. The molecule has 2 amide bonds. The van der Waals surface area contributed by atoms with Crippen LogP contribution in [-0.2, 0) is 16.1 Å². The zero-order chi connectivity index (χ0) is 23.1. The van der Waals surface area contributed by atoms with Gasteiger partial charge in [0.25, 0.3) is 0 Å². The number of amides is 2. The van der Waals surface area contributed by atoms with Crippen LogP contribution in [0.25, 0.3) is 0 Å². The number of hydrogen-bond acceptors (Lipinski definition) is 4. The highest BCUT2D eigenvalue weighted by Gasteiger charge is 2.49. The Bertz CT molecular complexity index is 832. The summed E-state index contributed by atoms with van der Waals surface area (Å²) >= 11 is 6.13. The van der Waals surface area contributed by atoms with Crippen LogP contribution in [-0.4, -0.2) is 77.4 Å². The molecular formula is C25H37ClN4O2. The number of fused-ring (bicyclic) bond motifs is 1. The Morgan fingerprint density at radius 1 is 1.22 bits per heavy atom. The number of rotatable bonds is 4. The molecule has 1 aromatic carbocycles. The lowest BCUT2D eigenvalue weighted by Gasteiger charge is -2.41. The fourth-order valence-corrected chi connectivity index (χ4v) is 5.86. The third kappa shape index (κ3) is 5.29. The number of benzene rings is 1. The molecule has 0 unspecified atom stereocenters. The van der Waals surface area contributed by atoms with Crippen molar-refractivity contribution in [2.24, 2.45) is 5.41 Å². The third-order valence-corrected chi connectivity index (χ3v) is 7.47. The SMILES string of the molecule is CN(CC(C)(C)C)[C@H]1C[C@H]2C(=O)NC3(CCN(Cc4cccc(Cl)c4)CC3)CC(=O)N2C1. The van der Waals surface area contributed by atoms with E-state index in [1.165, 1.54) is 5.56 Å². The largest absolute Gasteiger partial charge is 0.348 e. The van der Waals surface area contributed by atoms with Crippen LogP contribution in [0.5, 0.6) is 0 Å². The minimum absolute atomic E-state index is 0.0331. The molecule has 6 nitrogen and oxygen atoms in total. The van der Waals surface area contributed by atoms with Gasteiger partial charge in [-0.3, -0.25) is 14.5 Å². The second kappa shape index (κ2) is 8.96. The number of nitrogens with zero attached hydrogens (tertiary/aromatic N) is 3. The molecule has 1 aromatic rings. The van der Waals surface area contributed by atoms with Gasteiger partial charge in [-0.1, -0.05) is 44.5 Å². The molecule has 3 aliphatic heterocycles. The molecule has 3 heterocycles. The van der Waals surface area contributed by atoms with Crippen molar-refractivity contribution < 1.29 is 9.59 Å². The summed E-state index contributed by atoms with van der Waals surface area (Å²) in [5.41, 5.74) is 0.973. The minimum atomic E-state index is -0.407. The highest BCUT2D eigenvalue weighted by molar-refractivity contribution is 6.30. The second-order valence-corrected chi connectivity index (χ2v) is 11.7. The number of carbonyl (C=O) groups excluding carboxylic acids is 2. The molecule has 4 rings (SSSR count). The molecule has 2 atom stereocenters. The molecule has 0 aliphatic carbocycles. The fraction of sp³-hybridized carbons (Fsp3) is 0.680. The smallest absolute Gasteiger partial charge is 0.243 e. The first kappa shape index (κ1) is 23.5. The Kier molecular flexibility index (Phi) is 6.59. The summed E-state index contributed by atoms with van der Waals surface area (Å²) in [6.45, 7) is 10.8. The van der Waals surface area contributed by atoms with E-state index >= 15 is 0 Å². The van der Waals surface area contributed by atoms with Crippen molar-refractivity contribution in [1.82, 2.24) is 20.0 Å². The molecule has 3 saturated heterocycles. The average Bonchev–Trinajstić information content (AvgIpc) is 3.11. The van der Waals surface area contributed by atoms with Gasteiger partial charge in [0.2, 0.25) is 11.8 Å². The summed E-state index contributed by atoms with van der Waals surface area (Å²) in [6, 6.07) is 7.87. The molecule has 0 aromatic heterocycles. The summed E-state index contributed by atoms with van der Waals surface area (Å²) in [7, 11) is 2.11. The van der Waals surface area contributed by atoms with Gasteiger partial charge in [-0.05, 0) is 49.4 Å². The molecule has 0 saturated carbocycles. The molecule has 7 heteroatoms. The Hall–Kier alpha value is -1.63. The van der Waals surface area contributed by atoms with Gasteiger partial charge in [-0.15, -0.1) is 0 Å². The molecule has 3 aliphatic rings. The summed E-state index contributed by atoms with van der Waals surface area (Å²) in [4.78, 5) is 33.0. The molecule has 32 heavy (non-hydrogen) atoms. The van der Waals surface area contributed by atoms with Crippen LogP contribution < -0.4 is 5.32 Å². The Morgan fingerprint density at radius 3 is 2.59 bits per heavy atom. The standard InChI is InChI=1S/C25H37ClN4O2/c1-24(2,3)17-28(4)20-13-21-23(32)27-25(14-22(31)30(21)16-20)8-10-29(11-9-25)15-18-6-5-7-19(26)12-18/h5-7,12,20-21H,8-11,13-17H2,1-4H3,(H,27,32)/t20-,21-/m0/s1. The van der Waals surface area contributed by atoms with Crippen LogP contribution in [0.2, 0.25) is 5.02 Å². The minimum Gasteiger partial charge on any atom is -0.348 e. The lowest BCUT2D eigenvalue weighted by Crippen LogP contribution is -2.56. The van der Waals surface area contributed by atoms with Gasteiger partial charge in [0.15, 0.2) is 0 Å². The van der Waals surface area contributed by atoms with E-state index in [1.54, 1.807) is 0 Å². The molecule has 1 N–H and O–H groups in total. The van der Waals surface area contributed by atoms with E-state index in [0.717, 1.165) is 50.5 Å². The summed E-state index contributed by atoms with van der Waals surface area (Å²) in [5.74, 6) is 0.161. The maximum atomic E-state index is 13.3. The first-order valence-electron chi connectivity index (χ1n) is 11.8. The number of piperidine rings is 1. The third-order valence-electron chi connectivity index (χ3n) is 7.24. The summed E-state index contributed by atoms with van der Waals surface area (Å²) in [5, 5.41) is 4.08. The van der Waals surface area contributed by atoms with Gasteiger partial charge in [0.05, 0.1) is 12.0 Å². The van der Waals surface area contributed by atoms with Gasteiger partial charge in [-0.25, -0.2) is 0 Å². The first-order chi connectivity index (χ1) is 15.0. The predicted molar refractivity (Wildman–Crippen MR) is 127 cm³/mol.